The smallest absolute Gasteiger partial charge is 0.319 e. The van der Waals surface area contributed by atoms with Crippen LogP contribution in [0, 0.1) is 11.3 Å². The summed E-state index contributed by atoms with van der Waals surface area (Å²) in [6, 6.07) is 10.3. The first-order valence-corrected chi connectivity index (χ1v) is 6.44. The van der Waals surface area contributed by atoms with E-state index in [-0.39, 0.29) is 6.03 Å². The van der Waals surface area contributed by atoms with Crippen molar-refractivity contribution < 1.29 is 4.79 Å². The Morgan fingerprint density at radius 2 is 2.26 bits per heavy atom. The fourth-order valence-electron chi connectivity index (χ4n) is 1.49. The molecule has 0 saturated heterocycles. The number of nitrogens with zero attached hydrogens (tertiary/aromatic N) is 1. The Hall–Kier alpha value is -2.52. The van der Waals surface area contributed by atoms with Crippen molar-refractivity contribution >= 4 is 28.7 Å². The molecule has 2 amide bonds. The highest BCUT2D eigenvalue weighted by atomic mass is 32.1. The molecule has 6 heteroatoms. The van der Waals surface area contributed by atoms with Crippen molar-refractivity contribution in [2.24, 2.45) is 0 Å². The number of nitrogens with two attached hydrogens (primary N) is 1. The van der Waals surface area contributed by atoms with Gasteiger partial charge >= 0.3 is 6.03 Å². The van der Waals surface area contributed by atoms with E-state index in [0.717, 1.165) is 4.88 Å². The van der Waals surface area contributed by atoms with Gasteiger partial charge in [-0.05, 0) is 29.6 Å². The Balaban J connectivity index is 1.94. The van der Waals surface area contributed by atoms with Gasteiger partial charge in [0.25, 0.3) is 0 Å². The summed E-state index contributed by atoms with van der Waals surface area (Å²) in [4.78, 5) is 12.7. The van der Waals surface area contributed by atoms with Crippen LogP contribution in [0.2, 0.25) is 0 Å². The Morgan fingerprint density at radius 1 is 1.42 bits per heavy atom. The van der Waals surface area contributed by atoms with Crippen LogP contribution < -0.4 is 16.4 Å². The zero-order valence-electron chi connectivity index (χ0n) is 10.0. The number of carbonyl (C=O) groups is 1. The molecule has 2 rings (SSSR count). The standard InChI is InChI=1S/C13H12N4OS/c14-7-9-3-4-12(11(15)6-9)17-13(18)16-8-10-2-1-5-19-10/h1-6H,8,15H2,(H2,16,17,18). The lowest BCUT2D eigenvalue weighted by molar-refractivity contribution is 0.252. The Labute approximate surface area is 114 Å². The van der Waals surface area contributed by atoms with E-state index in [1.54, 1.807) is 23.5 Å². The van der Waals surface area contributed by atoms with Crippen LogP contribution in [-0.2, 0) is 6.54 Å². The van der Waals surface area contributed by atoms with Crippen molar-refractivity contribution in [1.82, 2.24) is 5.32 Å². The van der Waals surface area contributed by atoms with Crippen LogP contribution in [0.15, 0.2) is 35.7 Å². The van der Waals surface area contributed by atoms with E-state index in [4.69, 9.17) is 11.0 Å². The van der Waals surface area contributed by atoms with Gasteiger partial charge in [-0.15, -0.1) is 11.3 Å². The Morgan fingerprint density at radius 3 is 2.89 bits per heavy atom. The van der Waals surface area contributed by atoms with E-state index in [9.17, 15) is 4.79 Å². The quantitative estimate of drug-likeness (QED) is 0.750. The lowest BCUT2D eigenvalue weighted by atomic mass is 10.2. The summed E-state index contributed by atoms with van der Waals surface area (Å²) in [6.45, 7) is 0.472. The highest BCUT2D eigenvalue weighted by molar-refractivity contribution is 7.09. The largest absolute Gasteiger partial charge is 0.397 e. The summed E-state index contributed by atoms with van der Waals surface area (Å²) >= 11 is 1.58. The minimum absolute atomic E-state index is 0.329. The summed E-state index contributed by atoms with van der Waals surface area (Å²) < 4.78 is 0. The molecule has 0 bridgehead atoms. The van der Waals surface area contributed by atoms with E-state index in [1.807, 2.05) is 23.6 Å². The number of benzene rings is 1. The molecule has 5 nitrogen and oxygen atoms in total. The fourth-order valence-corrected chi connectivity index (χ4v) is 2.14. The molecule has 0 radical (unpaired) electrons. The molecule has 0 spiro atoms. The number of nitrogen functional groups attached to an aromatic ring is 1. The molecule has 0 aliphatic rings. The molecule has 96 valence electrons. The molecule has 0 fully saturated rings. The average Bonchev–Trinajstić information content (AvgIpc) is 2.92. The van der Waals surface area contributed by atoms with Crippen LogP contribution in [0.4, 0.5) is 16.2 Å². The number of anilines is 2. The van der Waals surface area contributed by atoms with Crippen LogP contribution in [0.5, 0.6) is 0 Å². The monoisotopic (exact) mass is 272 g/mol. The third-order valence-electron chi connectivity index (χ3n) is 2.43. The second kappa shape index (κ2) is 5.89. The van der Waals surface area contributed by atoms with Crippen molar-refractivity contribution in [3.8, 4) is 6.07 Å². The van der Waals surface area contributed by atoms with Crippen LogP contribution in [-0.4, -0.2) is 6.03 Å². The number of carbonyl (C=O) groups excluding carboxylic acids is 1. The first-order valence-electron chi connectivity index (χ1n) is 5.56. The minimum Gasteiger partial charge on any atom is -0.397 e. The van der Waals surface area contributed by atoms with Gasteiger partial charge in [0.05, 0.1) is 29.6 Å². The maximum atomic E-state index is 11.7. The molecule has 1 heterocycles. The summed E-state index contributed by atoms with van der Waals surface area (Å²) in [5, 5.41) is 16.0. The van der Waals surface area contributed by atoms with E-state index < -0.39 is 0 Å². The molecule has 2 aromatic rings. The van der Waals surface area contributed by atoms with Crippen molar-refractivity contribution in [2.45, 2.75) is 6.54 Å². The molecule has 1 aromatic carbocycles. The molecule has 0 aliphatic carbocycles. The Bertz CT molecular complexity index is 616. The maximum Gasteiger partial charge on any atom is 0.319 e. The van der Waals surface area contributed by atoms with Crippen LogP contribution in [0.1, 0.15) is 10.4 Å². The van der Waals surface area contributed by atoms with Crippen molar-refractivity contribution in [2.75, 3.05) is 11.1 Å². The van der Waals surface area contributed by atoms with Gasteiger partial charge in [0.15, 0.2) is 0 Å². The first-order chi connectivity index (χ1) is 9.19. The van der Waals surface area contributed by atoms with E-state index in [0.29, 0.717) is 23.5 Å². The minimum atomic E-state index is -0.329. The number of thiophene rings is 1. The second-order valence-corrected chi connectivity index (χ2v) is 4.83. The molecule has 19 heavy (non-hydrogen) atoms. The normalized spacial score (nSPS) is 9.63. The average molecular weight is 272 g/mol. The highest BCUT2D eigenvalue weighted by Gasteiger charge is 2.05. The maximum absolute atomic E-state index is 11.7. The van der Waals surface area contributed by atoms with Crippen LogP contribution >= 0.6 is 11.3 Å². The van der Waals surface area contributed by atoms with Gasteiger partial charge in [-0.3, -0.25) is 0 Å². The van der Waals surface area contributed by atoms with Gasteiger partial charge in [-0.1, -0.05) is 6.07 Å². The van der Waals surface area contributed by atoms with Gasteiger partial charge in [0, 0.05) is 4.88 Å². The van der Waals surface area contributed by atoms with Crippen molar-refractivity contribution in [3.05, 3.63) is 46.2 Å². The number of rotatable bonds is 3. The molecular formula is C13H12N4OS. The zero-order chi connectivity index (χ0) is 13.7. The third kappa shape index (κ3) is 3.47. The molecule has 0 unspecified atom stereocenters. The lowest BCUT2D eigenvalue weighted by Crippen LogP contribution is -2.28. The van der Waals surface area contributed by atoms with Gasteiger partial charge in [-0.2, -0.15) is 5.26 Å². The zero-order valence-corrected chi connectivity index (χ0v) is 10.8. The lowest BCUT2D eigenvalue weighted by Gasteiger charge is -2.09. The van der Waals surface area contributed by atoms with Crippen molar-refractivity contribution in [3.63, 3.8) is 0 Å². The predicted molar refractivity (Wildman–Crippen MR) is 75.7 cm³/mol. The van der Waals surface area contributed by atoms with Crippen molar-refractivity contribution in [1.29, 1.82) is 5.26 Å². The highest BCUT2D eigenvalue weighted by Crippen LogP contribution is 2.19. The van der Waals surface area contributed by atoms with E-state index in [2.05, 4.69) is 10.6 Å². The second-order valence-electron chi connectivity index (χ2n) is 3.80. The molecular weight excluding hydrogens is 260 g/mol. The Kier molecular flexibility index (Phi) is 4.00. The topological polar surface area (TPSA) is 90.9 Å². The molecule has 0 saturated carbocycles. The van der Waals surface area contributed by atoms with Gasteiger partial charge in [0.1, 0.15) is 0 Å². The van der Waals surface area contributed by atoms with E-state index in [1.165, 1.54) is 6.07 Å². The van der Waals surface area contributed by atoms with Gasteiger partial charge in [-0.25, -0.2) is 4.79 Å². The van der Waals surface area contributed by atoms with Gasteiger partial charge < -0.3 is 16.4 Å². The number of hydrogen-bond donors (Lipinski definition) is 3. The first kappa shape index (κ1) is 12.9. The predicted octanol–water partition coefficient (Wildman–Crippen LogP) is 2.52. The number of nitriles is 1. The van der Waals surface area contributed by atoms with E-state index >= 15 is 0 Å². The van der Waals surface area contributed by atoms with Crippen LogP contribution in [0.25, 0.3) is 0 Å². The number of hydrogen-bond acceptors (Lipinski definition) is 4. The number of amides is 2. The SMILES string of the molecule is N#Cc1ccc(NC(=O)NCc2cccs2)c(N)c1. The summed E-state index contributed by atoms with van der Waals surface area (Å²) in [7, 11) is 0. The number of urea groups is 1. The summed E-state index contributed by atoms with van der Waals surface area (Å²) in [5.41, 5.74) is 7.06. The fraction of sp³-hybridized carbons (Fsp3) is 0.0769. The third-order valence-corrected chi connectivity index (χ3v) is 3.31. The van der Waals surface area contributed by atoms with Gasteiger partial charge in [0.2, 0.25) is 0 Å². The molecule has 4 N–H and O–H groups in total. The molecule has 1 aromatic heterocycles. The molecule has 0 atom stereocenters. The number of nitrogens with one attached hydrogen (secondary N) is 2. The summed E-state index contributed by atoms with van der Waals surface area (Å²) in [6.07, 6.45) is 0. The van der Waals surface area contributed by atoms with Crippen LogP contribution in [0.3, 0.4) is 0 Å². The summed E-state index contributed by atoms with van der Waals surface area (Å²) in [5.74, 6) is 0. The molecule has 0 aliphatic heterocycles.